The van der Waals surface area contributed by atoms with Gasteiger partial charge in [0.25, 0.3) is 12.3 Å². The van der Waals surface area contributed by atoms with Crippen molar-refractivity contribution < 1.29 is 13.6 Å². The number of pyridine rings is 1. The Kier molecular flexibility index (Phi) is 2.85. The largest absolute Gasteiger partial charge is 0.397 e. The lowest BCUT2D eigenvalue weighted by molar-refractivity contribution is 0.0984. The molecular formula is C7H6ClF2N3O. The number of nitrogen functional groups attached to an aromatic ring is 1. The molecule has 4 N–H and O–H groups in total. The van der Waals surface area contributed by atoms with Crippen LogP contribution in [0.4, 0.5) is 14.5 Å². The fourth-order valence-electron chi connectivity index (χ4n) is 0.942. The first-order valence-corrected chi connectivity index (χ1v) is 3.84. The monoisotopic (exact) mass is 221 g/mol. The molecule has 0 saturated heterocycles. The number of amides is 1. The van der Waals surface area contributed by atoms with Crippen LogP contribution < -0.4 is 11.5 Å². The van der Waals surface area contributed by atoms with E-state index in [1.54, 1.807) is 0 Å². The summed E-state index contributed by atoms with van der Waals surface area (Å²) in [6.45, 7) is 0. The highest BCUT2D eigenvalue weighted by Gasteiger charge is 2.22. The minimum atomic E-state index is -2.92. The lowest BCUT2D eigenvalue weighted by atomic mass is 10.1. The molecule has 0 aromatic carbocycles. The van der Waals surface area contributed by atoms with Gasteiger partial charge < -0.3 is 11.5 Å². The maximum Gasteiger partial charge on any atom is 0.281 e. The molecule has 4 nitrogen and oxygen atoms in total. The van der Waals surface area contributed by atoms with E-state index in [9.17, 15) is 13.6 Å². The van der Waals surface area contributed by atoms with Gasteiger partial charge in [-0.2, -0.15) is 0 Å². The molecule has 0 spiro atoms. The quantitative estimate of drug-likeness (QED) is 0.791. The first kappa shape index (κ1) is 10.6. The molecule has 1 heterocycles. The van der Waals surface area contributed by atoms with Gasteiger partial charge in [0.2, 0.25) is 0 Å². The van der Waals surface area contributed by atoms with Crippen LogP contribution in [0.1, 0.15) is 22.5 Å². The topological polar surface area (TPSA) is 82.0 Å². The lowest BCUT2D eigenvalue weighted by Gasteiger charge is -2.08. The molecule has 76 valence electrons. The second-order valence-electron chi connectivity index (χ2n) is 2.44. The molecule has 0 unspecified atom stereocenters. The van der Waals surface area contributed by atoms with Crippen LogP contribution in [-0.4, -0.2) is 10.9 Å². The van der Waals surface area contributed by atoms with E-state index in [1.165, 1.54) is 0 Å². The number of primary amides is 1. The summed E-state index contributed by atoms with van der Waals surface area (Å²) in [6.07, 6.45) is -1.97. The van der Waals surface area contributed by atoms with Crippen molar-refractivity contribution in [2.75, 3.05) is 5.73 Å². The van der Waals surface area contributed by atoms with Gasteiger partial charge in [-0.05, 0) is 0 Å². The third-order valence-corrected chi connectivity index (χ3v) is 1.85. The van der Waals surface area contributed by atoms with Gasteiger partial charge in [0.15, 0.2) is 0 Å². The zero-order chi connectivity index (χ0) is 10.9. The summed E-state index contributed by atoms with van der Waals surface area (Å²) in [6, 6.07) is 0. The molecule has 0 aliphatic carbocycles. The Balaban J connectivity index is 3.45. The van der Waals surface area contributed by atoms with Gasteiger partial charge >= 0.3 is 0 Å². The Hall–Kier alpha value is -1.43. The van der Waals surface area contributed by atoms with Gasteiger partial charge in [-0.3, -0.25) is 9.78 Å². The van der Waals surface area contributed by atoms with Crippen LogP contribution in [0.2, 0.25) is 5.02 Å². The predicted molar refractivity (Wildman–Crippen MR) is 47.1 cm³/mol. The molecule has 0 saturated carbocycles. The number of anilines is 1. The van der Waals surface area contributed by atoms with E-state index in [2.05, 4.69) is 4.98 Å². The lowest BCUT2D eigenvalue weighted by Crippen LogP contribution is -2.18. The molecule has 1 rings (SSSR count). The Morgan fingerprint density at radius 3 is 2.57 bits per heavy atom. The zero-order valence-electron chi connectivity index (χ0n) is 6.80. The van der Waals surface area contributed by atoms with Gasteiger partial charge in [0, 0.05) is 6.20 Å². The van der Waals surface area contributed by atoms with E-state index >= 15 is 0 Å². The highest BCUT2D eigenvalue weighted by atomic mass is 35.5. The van der Waals surface area contributed by atoms with Gasteiger partial charge in [0.05, 0.1) is 16.3 Å². The van der Waals surface area contributed by atoms with Crippen molar-refractivity contribution in [3.05, 3.63) is 22.5 Å². The SMILES string of the molecule is NC(=O)c1c(C(F)F)ncc(Cl)c1N. The number of aromatic nitrogens is 1. The Bertz CT molecular complexity index is 383. The molecule has 14 heavy (non-hydrogen) atoms. The number of rotatable bonds is 2. The molecule has 1 aromatic rings. The molecule has 0 atom stereocenters. The number of carbonyl (C=O) groups excluding carboxylic acids is 1. The molecule has 0 fully saturated rings. The van der Waals surface area contributed by atoms with Crippen LogP contribution in [0, 0.1) is 0 Å². The van der Waals surface area contributed by atoms with Crippen molar-refractivity contribution in [1.29, 1.82) is 0 Å². The van der Waals surface area contributed by atoms with Gasteiger partial charge in [0.1, 0.15) is 5.69 Å². The molecule has 0 aliphatic rings. The summed E-state index contributed by atoms with van der Waals surface area (Å²) in [7, 11) is 0. The second-order valence-corrected chi connectivity index (χ2v) is 2.85. The van der Waals surface area contributed by atoms with E-state index < -0.39 is 23.6 Å². The van der Waals surface area contributed by atoms with Crippen molar-refractivity contribution in [1.82, 2.24) is 4.98 Å². The molecule has 0 aliphatic heterocycles. The standard InChI is InChI=1S/C7H6ClF2N3O/c8-2-1-13-5(6(9)10)3(4(2)11)7(12)14/h1,6H,(H2,11,13)(H2,12,14). The van der Waals surface area contributed by atoms with E-state index in [1.807, 2.05) is 0 Å². The van der Waals surface area contributed by atoms with Crippen molar-refractivity contribution in [3.63, 3.8) is 0 Å². The normalized spacial score (nSPS) is 10.6. The van der Waals surface area contributed by atoms with Crippen LogP contribution >= 0.6 is 11.6 Å². The summed E-state index contributed by atoms with van der Waals surface area (Å²) >= 11 is 5.49. The van der Waals surface area contributed by atoms with Crippen LogP contribution in [0.15, 0.2) is 6.20 Å². The summed E-state index contributed by atoms with van der Waals surface area (Å²) in [4.78, 5) is 14.1. The number of carbonyl (C=O) groups is 1. The summed E-state index contributed by atoms with van der Waals surface area (Å²) in [5.41, 5.74) is 8.64. The van der Waals surface area contributed by atoms with Crippen molar-refractivity contribution in [2.45, 2.75) is 6.43 Å². The van der Waals surface area contributed by atoms with E-state index in [-0.39, 0.29) is 10.7 Å². The van der Waals surface area contributed by atoms with E-state index in [0.29, 0.717) is 0 Å². The molecule has 1 amide bonds. The second kappa shape index (κ2) is 3.75. The van der Waals surface area contributed by atoms with Gasteiger partial charge in [-0.25, -0.2) is 8.78 Å². The minimum absolute atomic E-state index is 0.0804. The maximum atomic E-state index is 12.3. The van der Waals surface area contributed by atoms with Gasteiger partial charge in [-0.1, -0.05) is 11.6 Å². The molecule has 0 radical (unpaired) electrons. The van der Waals surface area contributed by atoms with Crippen LogP contribution in [0.25, 0.3) is 0 Å². The van der Waals surface area contributed by atoms with Crippen molar-refractivity contribution in [2.24, 2.45) is 5.73 Å². The highest BCUT2D eigenvalue weighted by molar-refractivity contribution is 6.33. The number of nitrogens with zero attached hydrogens (tertiary/aromatic N) is 1. The average Bonchev–Trinajstić information content (AvgIpc) is 2.08. The number of halogens is 3. The Morgan fingerprint density at radius 2 is 2.14 bits per heavy atom. The zero-order valence-corrected chi connectivity index (χ0v) is 7.55. The Labute approximate surface area is 82.9 Å². The number of hydrogen-bond acceptors (Lipinski definition) is 3. The average molecular weight is 222 g/mol. The van der Waals surface area contributed by atoms with Crippen LogP contribution in [-0.2, 0) is 0 Å². The van der Waals surface area contributed by atoms with E-state index in [0.717, 1.165) is 6.20 Å². The molecule has 1 aromatic heterocycles. The smallest absolute Gasteiger partial charge is 0.281 e. The highest BCUT2D eigenvalue weighted by Crippen LogP contribution is 2.29. The van der Waals surface area contributed by atoms with Crippen molar-refractivity contribution in [3.8, 4) is 0 Å². The third-order valence-electron chi connectivity index (χ3n) is 1.55. The number of hydrogen-bond donors (Lipinski definition) is 2. The number of alkyl halides is 2. The molecular weight excluding hydrogens is 216 g/mol. The van der Waals surface area contributed by atoms with Crippen LogP contribution in [0.3, 0.4) is 0 Å². The maximum absolute atomic E-state index is 12.3. The third kappa shape index (κ3) is 1.74. The summed E-state index contributed by atoms with van der Waals surface area (Å²) in [5.74, 6) is -1.08. The fraction of sp³-hybridized carbons (Fsp3) is 0.143. The number of nitrogens with two attached hydrogens (primary N) is 2. The van der Waals surface area contributed by atoms with Crippen molar-refractivity contribution >= 4 is 23.2 Å². The summed E-state index contributed by atoms with van der Waals surface area (Å²) in [5, 5.41) is -0.0804. The van der Waals surface area contributed by atoms with E-state index in [4.69, 9.17) is 23.1 Å². The predicted octanol–water partition coefficient (Wildman–Crippen LogP) is 1.35. The molecule has 0 bridgehead atoms. The van der Waals surface area contributed by atoms with Crippen LogP contribution in [0.5, 0.6) is 0 Å². The van der Waals surface area contributed by atoms with Gasteiger partial charge in [-0.15, -0.1) is 0 Å². The first-order valence-electron chi connectivity index (χ1n) is 3.47. The Morgan fingerprint density at radius 1 is 1.57 bits per heavy atom. The minimum Gasteiger partial charge on any atom is -0.397 e. The molecule has 7 heteroatoms. The fourth-order valence-corrected chi connectivity index (χ4v) is 1.09. The first-order chi connectivity index (χ1) is 6.45. The summed E-state index contributed by atoms with van der Waals surface area (Å²) < 4.78 is 24.7.